The van der Waals surface area contributed by atoms with Gasteiger partial charge in [0.25, 0.3) is 0 Å². The van der Waals surface area contributed by atoms with Gasteiger partial charge in [0.2, 0.25) is 11.9 Å². The Bertz CT molecular complexity index is 650. The number of likely N-dealkylation sites (tertiary alicyclic amines) is 1. The van der Waals surface area contributed by atoms with E-state index in [0.29, 0.717) is 17.7 Å². The highest BCUT2D eigenvalue weighted by Crippen LogP contribution is 2.26. The van der Waals surface area contributed by atoms with Gasteiger partial charge in [0.1, 0.15) is 0 Å². The molecule has 0 saturated carbocycles. The van der Waals surface area contributed by atoms with Crippen LogP contribution in [0.5, 0.6) is 0 Å². The summed E-state index contributed by atoms with van der Waals surface area (Å²) in [6.45, 7) is 4.06. The third kappa shape index (κ3) is 3.75. The predicted octanol–water partition coefficient (Wildman–Crippen LogP) is 1.57. The van der Waals surface area contributed by atoms with Crippen LogP contribution in [0.4, 0.5) is 17.6 Å². The van der Waals surface area contributed by atoms with Gasteiger partial charge in [-0.15, -0.1) is 0 Å². The van der Waals surface area contributed by atoms with Crippen molar-refractivity contribution in [1.29, 1.82) is 0 Å². The molecule has 1 aliphatic heterocycles. The molecule has 122 valence electrons. The van der Waals surface area contributed by atoms with E-state index < -0.39 is 0 Å². The first-order valence-corrected chi connectivity index (χ1v) is 7.84. The second-order valence-corrected chi connectivity index (χ2v) is 5.87. The molecular weight excluding hydrogens is 292 g/mol. The lowest BCUT2D eigenvalue weighted by atomic mass is 10.1. The molecule has 7 nitrogen and oxygen atoms in total. The van der Waals surface area contributed by atoms with E-state index in [0.717, 1.165) is 25.2 Å². The van der Waals surface area contributed by atoms with Crippen LogP contribution in [0.1, 0.15) is 25.2 Å². The molecule has 0 aliphatic carbocycles. The zero-order valence-corrected chi connectivity index (χ0v) is 13.2. The number of nitrogens with zero attached hydrogens (tertiary/aromatic N) is 4. The largest absolute Gasteiger partial charge is 0.396 e. The smallest absolute Gasteiger partial charge is 0.232 e. The van der Waals surface area contributed by atoms with Crippen LogP contribution in [-0.2, 0) is 0 Å². The minimum Gasteiger partial charge on any atom is -0.396 e. The third-order valence-electron chi connectivity index (χ3n) is 4.20. The van der Waals surface area contributed by atoms with Gasteiger partial charge in [0.15, 0.2) is 5.82 Å². The Hall–Kier alpha value is -2.25. The van der Waals surface area contributed by atoms with E-state index in [-0.39, 0.29) is 18.6 Å². The fraction of sp³-hybridized carbons (Fsp3) is 0.438. The zero-order valence-electron chi connectivity index (χ0n) is 13.2. The van der Waals surface area contributed by atoms with Crippen molar-refractivity contribution >= 4 is 17.6 Å². The highest BCUT2D eigenvalue weighted by atomic mass is 16.3. The van der Waals surface area contributed by atoms with Crippen molar-refractivity contribution in [2.75, 3.05) is 30.7 Å². The number of hydrogen-bond donors (Lipinski definition) is 3. The van der Waals surface area contributed by atoms with Crippen molar-refractivity contribution in [3.63, 3.8) is 0 Å². The summed E-state index contributed by atoms with van der Waals surface area (Å²) < 4.78 is 0. The van der Waals surface area contributed by atoms with Gasteiger partial charge in [-0.1, -0.05) is 18.2 Å². The lowest BCUT2D eigenvalue weighted by Crippen LogP contribution is -2.27. The van der Waals surface area contributed by atoms with E-state index in [9.17, 15) is 5.11 Å². The standard InChI is InChI=1S/C16H22N6O/c1-11(22-8-7-12(9-22)10-23)14-19-15(17)21-16(20-14)18-13-5-3-2-4-6-13/h2-6,11-12,23H,7-10H2,1H3,(H3,17,18,19,20,21). The van der Waals surface area contributed by atoms with Gasteiger partial charge in [-0.2, -0.15) is 15.0 Å². The topological polar surface area (TPSA) is 100 Å². The molecule has 4 N–H and O–H groups in total. The molecule has 3 rings (SSSR count). The molecule has 0 radical (unpaired) electrons. The Labute approximate surface area is 135 Å². The molecule has 1 aromatic heterocycles. The van der Waals surface area contributed by atoms with Crippen LogP contribution in [-0.4, -0.2) is 44.7 Å². The number of para-hydroxylation sites is 1. The number of anilines is 3. The fourth-order valence-corrected chi connectivity index (χ4v) is 2.83. The fourth-order valence-electron chi connectivity index (χ4n) is 2.83. The van der Waals surface area contributed by atoms with E-state index in [2.05, 4.69) is 32.1 Å². The van der Waals surface area contributed by atoms with Crippen molar-refractivity contribution in [3.8, 4) is 0 Å². The average molecular weight is 314 g/mol. The first kappa shape index (κ1) is 15.6. The highest BCUT2D eigenvalue weighted by Gasteiger charge is 2.28. The molecule has 1 saturated heterocycles. The van der Waals surface area contributed by atoms with Gasteiger partial charge in [0.05, 0.1) is 6.04 Å². The van der Waals surface area contributed by atoms with Crippen molar-refractivity contribution in [2.45, 2.75) is 19.4 Å². The molecular formula is C16H22N6O. The Kier molecular flexibility index (Phi) is 4.68. The minimum atomic E-state index is 0.0353. The molecule has 0 spiro atoms. The van der Waals surface area contributed by atoms with E-state index >= 15 is 0 Å². The summed E-state index contributed by atoms with van der Waals surface area (Å²) in [6, 6.07) is 9.75. The lowest BCUT2D eigenvalue weighted by Gasteiger charge is -2.23. The van der Waals surface area contributed by atoms with Crippen LogP contribution in [0.15, 0.2) is 30.3 Å². The van der Waals surface area contributed by atoms with Crippen LogP contribution < -0.4 is 11.1 Å². The SMILES string of the molecule is CC(c1nc(N)nc(Nc2ccccc2)n1)N1CCC(CO)C1. The molecule has 7 heteroatoms. The molecule has 0 amide bonds. The summed E-state index contributed by atoms with van der Waals surface area (Å²) in [4.78, 5) is 15.2. The number of benzene rings is 1. The third-order valence-corrected chi connectivity index (χ3v) is 4.20. The van der Waals surface area contributed by atoms with Gasteiger partial charge in [0, 0.05) is 18.8 Å². The quantitative estimate of drug-likeness (QED) is 0.770. The maximum absolute atomic E-state index is 9.29. The number of hydrogen-bond acceptors (Lipinski definition) is 7. The number of aromatic nitrogens is 3. The summed E-state index contributed by atoms with van der Waals surface area (Å²) in [5.74, 6) is 1.63. The van der Waals surface area contributed by atoms with Gasteiger partial charge < -0.3 is 16.2 Å². The van der Waals surface area contributed by atoms with Gasteiger partial charge in [-0.25, -0.2) is 0 Å². The Balaban J connectivity index is 1.77. The van der Waals surface area contributed by atoms with Gasteiger partial charge in [-0.05, 0) is 37.9 Å². The summed E-state index contributed by atoms with van der Waals surface area (Å²) in [5.41, 5.74) is 6.74. The summed E-state index contributed by atoms with van der Waals surface area (Å²) in [5, 5.41) is 12.4. The minimum absolute atomic E-state index is 0.0353. The van der Waals surface area contributed by atoms with E-state index in [1.807, 2.05) is 30.3 Å². The molecule has 2 atom stereocenters. The monoisotopic (exact) mass is 314 g/mol. The van der Waals surface area contributed by atoms with E-state index in [4.69, 9.17) is 5.73 Å². The number of rotatable bonds is 5. The van der Waals surface area contributed by atoms with Crippen LogP contribution in [0.2, 0.25) is 0 Å². The molecule has 1 aromatic carbocycles. The molecule has 0 bridgehead atoms. The Morgan fingerprint density at radius 3 is 2.78 bits per heavy atom. The van der Waals surface area contributed by atoms with Crippen LogP contribution in [0.3, 0.4) is 0 Å². The van der Waals surface area contributed by atoms with Crippen LogP contribution in [0.25, 0.3) is 0 Å². The van der Waals surface area contributed by atoms with E-state index in [1.54, 1.807) is 0 Å². The summed E-state index contributed by atoms with van der Waals surface area (Å²) in [7, 11) is 0. The molecule has 1 fully saturated rings. The first-order chi connectivity index (χ1) is 11.2. The predicted molar refractivity (Wildman–Crippen MR) is 89.1 cm³/mol. The van der Waals surface area contributed by atoms with Crippen molar-refractivity contribution < 1.29 is 5.11 Å². The van der Waals surface area contributed by atoms with E-state index in [1.165, 1.54) is 0 Å². The number of aliphatic hydroxyl groups excluding tert-OH is 1. The lowest BCUT2D eigenvalue weighted by molar-refractivity contribution is 0.201. The number of nitrogen functional groups attached to an aromatic ring is 1. The zero-order chi connectivity index (χ0) is 16.2. The second kappa shape index (κ2) is 6.89. The molecule has 2 aromatic rings. The molecule has 1 aliphatic rings. The average Bonchev–Trinajstić information content (AvgIpc) is 3.03. The molecule has 2 heterocycles. The Morgan fingerprint density at radius 1 is 1.30 bits per heavy atom. The number of aliphatic hydroxyl groups is 1. The van der Waals surface area contributed by atoms with Crippen molar-refractivity contribution in [1.82, 2.24) is 19.9 Å². The molecule has 2 unspecified atom stereocenters. The van der Waals surface area contributed by atoms with Gasteiger partial charge >= 0.3 is 0 Å². The molecule has 23 heavy (non-hydrogen) atoms. The summed E-state index contributed by atoms with van der Waals surface area (Å²) >= 11 is 0. The maximum atomic E-state index is 9.29. The van der Waals surface area contributed by atoms with Crippen LogP contribution in [0, 0.1) is 5.92 Å². The van der Waals surface area contributed by atoms with Crippen LogP contribution >= 0.6 is 0 Å². The van der Waals surface area contributed by atoms with Crippen molar-refractivity contribution in [3.05, 3.63) is 36.2 Å². The number of nitrogens with one attached hydrogen (secondary N) is 1. The second-order valence-electron chi connectivity index (χ2n) is 5.87. The Morgan fingerprint density at radius 2 is 2.09 bits per heavy atom. The number of nitrogens with two attached hydrogens (primary N) is 1. The normalized spacial score (nSPS) is 19.7. The van der Waals surface area contributed by atoms with Crippen molar-refractivity contribution in [2.24, 2.45) is 5.92 Å². The maximum Gasteiger partial charge on any atom is 0.232 e. The van der Waals surface area contributed by atoms with Gasteiger partial charge in [-0.3, -0.25) is 4.90 Å². The first-order valence-electron chi connectivity index (χ1n) is 7.84. The summed E-state index contributed by atoms with van der Waals surface area (Å²) in [6.07, 6.45) is 0.997. The highest BCUT2D eigenvalue weighted by molar-refractivity contribution is 5.53.